The number of amides is 1. The van der Waals surface area contributed by atoms with Gasteiger partial charge in [0.2, 0.25) is 0 Å². The summed E-state index contributed by atoms with van der Waals surface area (Å²) in [5.41, 5.74) is 1.98. The van der Waals surface area contributed by atoms with E-state index in [0.717, 1.165) is 5.56 Å². The minimum absolute atomic E-state index is 0.0144. The minimum atomic E-state index is -0.308. The van der Waals surface area contributed by atoms with E-state index in [1.165, 1.54) is 27.7 Å². The zero-order valence-corrected chi connectivity index (χ0v) is 19.7. The maximum Gasteiger partial charge on any atom is 0.268 e. The monoisotopic (exact) mass is 491 g/mol. The van der Waals surface area contributed by atoms with Gasteiger partial charge in [0.25, 0.3) is 5.91 Å². The molecule has 0 saturated heterocycles. The summed E-state index contributed by atoms with van der Waals surface area (Å²) in [6.07, 6.45) is 1.95. The third-order valence-electron chi connectivity index (χ3n) is 5.25. The first-order valence-electron chi connectivity index (χ1n) is 10.2. The second kappa shape index (κ2) is 9.27. The third kappa shape index (κ3) is 4.59. The highest BCUT2D eigenvalue weighted by molar-refractivity contribution is 7.71. The molecule has 0 bridgehead atoms. The van der Waals surface area contributed by atoms with Gasteiger partial charge in [0.15, 0.2) is 15.4 Å². The molecule has 2 heterocycles. The number of halogens is 1. The first-order valence-corrected chi connectivity index (χ1v) is 11.8. The van der Waals surface area contributed by atoms with Gasteiger partial charge in [0.05, 0.1) is 6.54 Å². The van der Waals surface area contributed by atoms with Crippen LogP contribution in [0.5, 0.6) is 0 Å². The van der Waals surface area contributed by atoms with Crippen molar-refractivity contribution in [2.24, 2.45) is 4.99 Å². The highest BCUT2D eigenvalue weighted by Gasteiger charge is 2.13. The molecule has 0 unspecified atom stereocenters. The zero-order chi connectivity index (χ0) is 22.8. The number of benzene rings is 3. The Bertz CT molecular complexity index is 1570. The first kappa shape index (κ1) is 21.5. The summed E-state index contributed by atoms with van der Waals surface area (Å²) in [4.78, 5) is 17.9. The summed E-state index contributed by atoms with van der Waals surface area (Å²) >= 11 is 12.8. The van der Waals surface area contributed by atoms with Crippen molar-refractivity contribution in [3.63, 3.8) is 0 Å². The van der Waals surface area contributed by atoms with Crippen LogP contribution in [0.4, 0.5) is 0 Å². The molecule has 0 saturated carbocycles. The molecule has 1 amide bonds. The second-order valence-corrected chi connectivity index (χ2v) is 9.10. The Hall–Kier alpha value is -3.33. The van der Waals surface area contributed by atoms with Crippen LogP contribution < -0.4 is 4.80 Å². The fourth-order valence-corrected chi connectivity index (χ4v) is 4.75. The summed E-state index contributed by atoms with van der Waals surface area (Å²) in [7, 11) is 0. The Kier molecular flexibility index (Phi) is 6.04. The molecule has 0 aliphatic heterocycles. The standard InChI is InChI=1S/C24H18ClN5OS2/c25-19-10-8-17(9-11-19)22-27-28-23(32)30(22)15-21(31)26-24-29(12-13-33-24)14-18-6-3-5-16-4-1-2-7-20(16)18/h1-13H,14-15H2,(H,28,32). The molecular formula is C24H18ClN5OS2. The van der Waals surface area contributed by atoms with Gasteiger partial charge in [-0.3, -0.25) is 14.5 Å². The van der Waals surface area contributed by atoms with Gasteiger partial charge in [0, 0.05) is 22.2 Å². The minimum Gasteiger partial charge on any atom is -0.319 e. The quantitative estimate of drug-likeness (QED) is 0.332. The molecular weight excluding hydrogens is 474 g/mol. The van der Waals surface area contributed by atoms with Gasteiger partial charge in [-0.05, 0) is 52.8 Å². The molecule has 0 fully saturated rings. The molecule has 0 radical (unpaired) electrons. The van der Waals surface area contributed by atoms with Crippen LogP contribution in [0.25, 0.3) is 22.2 Å². The second-order valence-electron chi connectivity index (χ2n) is 7.40. The number of hydrogen-bond acceptors (Lipinski definition) is 4. The molecule has 0 spiro atoms. The lowest BCUT2D eigenvalue weighted by molar-refractivity contribution is -0.118. The van der Waals surface area contributed by atoms with Gasteiger partial charge >= 0.3 is 0 Å². The lowest BCUT2D eigenvalue weighted by atomic mass is 10.0. The Morgan fingerprint density at radius 1 is 1.09 bits per heavy atom. The van der Waals surface area contributed by atoms with E-state index in [0.29, 0.717) is 27.0 Å². The molecule has 5 aromatic rings. The molecule has 164 valence electrons. The van der Waals surface area contributed by atoms with Crippen LogP contribution in [0.1, 0.15) is 5.56 Å². The highest BCUT2D eigenvalue weighted by Crippen LogP contribution is 2.21. The number of hydrogen-bond donors (Lipinski definition) is 1. The zero-order valence-electron chi connectivity index (χ0n) is 17.3. The summed E-state index contributed by atoms with van der Waals surface area (Å²) in [6.45, 7) is 0.609. The predicted octanol–water partition coefficient (Wildman–Crippen LogP) is 5.45. The van der Waals surface area contributed by atoms with E-state index < -0.39 is 0 Å². The van der Waals surface area contributed by atoms with Crippen molar-refractivity contribution < 1.29 is 4.79 Å². The van der Waals surface area contributed by atoms with Crippen LogP contribution >= 0.6 is 35.2 Å². The largest absolute Gasteiger partial charge is 0.319 e. The van der Waals surface area contributed by atoms with Gasteiger partial charge in [-0.15, -0.1) is 11.3 Å². The van der Waals surface area contributed by atoms with Gasteiger partial charge < -0.3 is 4.57 Å². The fraction of sp³-hybridized carbons (Fsp3) is 0.0833. The molecule has 0 atom stereocenters. The number of thiazole rings is 1. The Labute approximate surface area is 203 Å². The summed E-state index contributed by atoms with van der Waals surface area (Å²) in [5, 5.41) is 12.0. The molecule has 3 aromatic carbocycles. The molecule has 9 heteroatoms. The van der Waals surface area contributed by atoms with E-state index in [2.05, 4.69) is 39.5 Å². The van der Waals surface area contributed by atoms with Crippen molar-refractivity contribution in [2.45, 2.75) is 13.1 Å². The number of fused-ring (bicyclic) bond motifs is 1. The lowest BCUT2D eigenvalue weighted by Gasteiger charge is -2.08. The molecule has 6 nitrogen and oxygen atoms in total. The third-order valence-corrected chi connectivity index (χ3v) is 6.61. The fourth-order valence-electron chi connectivity index (χ4n) is 3.68. The van der Waals surface area contributed by atoms with E-state index in [4.69, 9.17) is 23.8 Å². The van der Waals surface area contributed by atoms with Crippen LogP contribution in [0.15, 0.2) is 83.3 Å². The Morgan fingerprint density at radius 3 is 2.73 bits per heavy atom. The topological polar surface area (TPSA) is 68.0 Å². The van der Waals surface area contributed by atoms with Crippen LogP contribution in [0.2, 0.25) is 5.02 Å². The van der Waals surface area contributed by atoms with Crippen LogP contribution in [0.3, 0.4) is 0 Å². The van der Waals surface area contributed by atoms with Crippen molar-refractivity contribution >= 4 is 51.8 Å². The van der Waals surface area contributed by atoms with E-state index in [1.54, 1.807) is 16.7 Å². The van der Waals surface area contributed by atoms with E-state index >= 15 is 0 Å². The number of nitrogens with one attached hydrogen (secondary N) is 1. The van der Waals surface area contributed by atoms with Gasteiger partial charge in [-0.1, -0.05) is 54.1 Å². The smallest absolute Gasteiger partial charge is 0.268 e. The summed E-state index contributed by atoms with van der Waals surface area (Å²) < 4.78 is 3.99. The average Bonchev–Trinajstić information content (AvgIpc) is 3.41. The summed E-state index contributed by atoms with van der Waals surface area (Å²) in [5.74, 6) is 0.256. The molecule has 1 N–H and O–H groups in total. The highest BCUT2D eigenvalue weighted by atomic mass is 35.5. The van der Waals surface area contributed by atoms with Gasteiger partial charge in [-0.2, -0.15) is 10.1 Å². The normalized spacial score (nSPS) is 11.8. The molecule has 2 aromatic heterocycles. The SMILES string of the molecule is O=C(Cn1c(-c2ccc(Cl)cc2)n[nH]c1=S)N=c1sccn1Cc1cccc2ccccc12. The Morgan fingerprint density at radius 2 is 1.88 bits per heavy atom. The van der Waals surface area contributed by atoms with Gasteiger partial charge in [-0.25, -0.2) is 0 Å². The van der Waals surface area contributed by atoms with Crippen molar-refractivity contribution in [3.8, 4) is 11.4 Å². The number of rotatable bonds is 5. The maximum atomic E-state index is 12.9. The molecule has 33 heavy (non-hydrogen) atoms. The maximum absolute atomic E-state index is 12.9. The molecule has 5 rings (SSSR count). The van der Waals surface area contributed by atoms with Crippen molar-refractivity contribution in [3.05, 3.63) is 98.5 Å². The number of carbonyl (C=O) groups is 1. The molecule has 0 aliphatic carbocycles. The van der Waals surface area contributed by atoms with E-state index in [-0.39, 0.29) is 12.5 Å². The van der Waals surface area contributed by atoms with Crippen molar-refractivity contribution in [1.29, 1.82) is 0 Å². The number of aromatic nitrogens is 4. The van der Waals surface area contributed by atoms with Crippen LogP contribution in [-0.2, 0) is 17.9 Å². The average molecular weight is 492 g/mol. The van der Waals surface area contributed by atoms with Gasteiger partial charge in [0.1, 0.15) is 6.54 Å². The van der Waals surface area contributed by atoms with Crippen molar-refractivity contribution in [1.82, 2.24) is 19.3 Å². The van der Waals surface area contributed by atoms with Crippen molar-refractivity contribution in [2.75, 3.05) is 0 Å². The number of H-pyrrole nitrogens is 1. The lowest BCUT2D eigenvalue weighted by Crippen LogP contribution is -2.19. The number of aromatic amines is 1. The van der Waals surface area contributed by atoms with Crippen LogP contribution in [-0.4, -0.2) is 25.2 Å². The Balaban J connectivity index is 1.43. The number of nitrogens with zero attached hydrogens (tertiary/aromatic N) is 4. The van der Waals surface area contributed by atoms with E-state index in [1.807, 2.05) is 46.5 Å². The summed E-state index contributed by atoms with van der Waals surface area (Å²) in [6, 6.07) is 21.7. The predicted molar refractivity (Wildman–Crippen MR) is 134 cm³/mol. The molecule has 0 aliphatic rings. The van der Waals surface area contributed by atoms with E-state index in [9.17, 15) is 4.79 Å². The number of carbonyl (C=O) groups excluding carboxylic acids is 1. The first-order chi connectivity index (χ1) is 16.1. The van der Waals surface area contributed by atoms with Crippen LogP contribution in [0, 0.1) is 4.77 Å².